The number of benzene rings is 1. The number of hydrogen-bond acceptors (Lipinski definition) is 4. The predicted octanol–water partition coefficient (Wildman–Crippen LogP) is 5.24. The van der Waals surface area contributed by atoms with Crippen molar-refractivity contribution in [3.63, 3.8) is 0 Å². The summed E-state index contributed by atoms with van der Waals surface area (Å²) in [6.07, 6.45) is 8.06. The Morgan fingerprint density at radius 3 is 2.83 bits per heavy atom. The van der Waals surface area contributed by atoms with E-state index >= 15 is 0 Å². The van der Waals surface area contributed by atoms with Crippen molar-refractivity contribution in [1.29, 1.82) is 0 Å². The molecule has 7 heteroatoms. The molecular weight excluding hydrogens is 462 g/mol. The first-order valence-electron chi connectivity index (χ1n) is 10.1. The zero-order valence-corrected chi connectivity index (χ0v) is 18.7. The van der Waals surface area contributed by atoms with Crippen LogP contribution in [0.25, 0.3) is 0 Å². The Kier molecular flexibility index (Phi) is 5.16. The minimum Gasteiger partial charge on any atom is -0.313 e. The Labute approximate surface area is 187 Å². The number of fused-ring (bicyclic) bond motifs is 2. The second kappa shape index (κ2) is 7.96. The highest BCUT2D eigenvalue weighted by Crippen LogP contribution is 2.41. The van der Waals surface area contributed by atoms with E-state index in [9.17, 15) is 9.59 Å². The molecule has 0 fully saturated rings. The van der Waals surface area contributed by atoms with Crippen LogP contribution in [0.4, 0.5) is 10.7 Å². The second-order valence-electron chi connectivity index (χ2n) is 7.59. The van der Waals surface area contributed by atoms with E-state index in [2.05, 4.69) is 32.3 Å². The van der Waals surface area contributed by atoms with Crippen molar-refractivity contribution in [2.45, 2.75) is 32.1 Å². The monoisotopic (exact) mass is 481 g/mol. The third-order valence-electron chi connectivity index (χ3n) is 5.72. The topological polar surface area (TPSA) is 62.3 Å². The molecule has 0 saturated heterocycles. The van der Waals surface area contributed by atoms with Crippen molar-refractivity contribution in [3.05, 3.63) is 74.3 Å². The maximum Gasteiger partial charge on any atom is 0.261 e. The molecule has 5 rings (SSSR count). The average molecular weight is 482 g/mol. The number of carbonyl (C=O) groups excluding carboxylic acids is 2. The van der Waals surface area contributed by atoms with Gasteiger partial charge in [0, 0.05) is 34.0 Å². The maximum absolute atomic E-state index is 13.7. The summed E-state index contributed by atoms with van der Waals surface area (Å²) in [6.45, 7) is 0.658. The van der Waals surface area contributed by atoms with E-state index in [0.29, 0.717) is 22.7 Å². The largest absolute Gasteiger partial charge is 0.313 e. The van der Waals surface area contributed by atoms with E-state index < -0.39 is 0 Å². The molecule has 2 aliphatic rings. The van der Waals surface area contributed by atoms with Gasteiger partial charge in [-0.3, -0.25) is 14.6 Å². The number of thiophene rings is 1. The summed E-state index contributed by atoms with van der Waals surface area (Å²) in [5.74, 6) is -0.251. The van der Waals surface area contributed by atoms with Crippen molar-refractivity contribution >= 4 is 49.8 Å². The number of nitrogens with one attached hydrogen (secondary N) is 1. The molecule has 2 amide bonds. The lowest BCUT2D eigenvalue weighted by Gasteiger charge is -2.20. The van der Waals surface area contributed by atoms with Crippen LogP contribution in [0.1, 0.15) is 49.6 Å². The van der Waals surface area contributed by atoms with Gasteiger partial charge in [0.1, 0.15) is 5.00 Å². The summed E-state index contributed by atoms with van der Waals surface area (Å²) in [7, 11) is 0. The summed E-state index contributed by atoms with van der Waals surface area (Å²) < 4.78 is 1.02. The van der Waals surface area contributed by atoms with Crippen LogP contribution >= 0.6 is 27.3 Å². The molecule has 1 aromatic carbocycles. The van der Waals surface area contributed by atoms with E-state index in [4.69, 9.17) is 0 Å². The van der Waals surface area contributed by atoms with Gasteiger partial charge in [0.2, 0.25) is 0 Å². The number of halogens is 1. The van der Waals surface area contributed by atoms with Gasteiger partial charge in [0.25, 0.3) is 11.8 Å². The second-order valence-corrected chi connectivity index (χ2v) is 9.61. The molecule has 0 spiro atoms. The number of amides is 2. The molecule has 1 aliphatic heterocycles. The normalized spacial score (nSPS) is 14.9. The lowest BCUT2D eigenvalue weighted by molar-refractivity contribution is 0.0989. The van der Waals surface area contributed by atoms with Crippen molar-refractivity contribution in [3.8, 4) is 0 Å². The van der Waals surface area contributed by atoms with Crippen molar-refractivity contribution in [1.82, 2.24) is 4.98 Å². The van der Waals surface area contributed by atoms with Gasteiger partial charge < -0.3 is 10.2 Å². The number of anilines is 2. The van der Waals surface area contributed by atoms with Gasteiger partial charge in [0.05, 0.1) is 11.1 Å². The third kappa shape index (κ3) is 3.46. The standard InChI is InChI=1S/C23H20BrN3O2S/c24-16-7-8-18-14(12-16)9-11-27(18)23(29)20-17-5-1-2-6-19(17)30-22(20)26-21(28)15-4-3-10-25-13-15/h3-4,7-8,10,12-13H,1-2,5-6,9,11H2,(H,26,28). The Morgan fingerprint density at radius 1 is 1.13 bits per heavy atom. The lowest BCUT2D eigenvalue weighted by Crippen LogP contribution is -2.30. The van der Waals surface area contributed by atoms with Crippen LogP contribution in [-0.4, -0.2) is 23.3 Å². The number of aromatic nitrogens is 1. The lowest BCUT2D eigenvalue weighted by atomic mass is 9.95. The van der Waals surface area contributed by atoms with Crippen LogP contribution in [0.3, 0.4) is 0 Å². The predicted molar refractivity (Wildman–Crippen MR) is 123 cm³/mol. The van der Waals surface area contributed by atoms with Crippen molar-refractivity contribution in [2.75, 3.05) is 16.8 Å². The number of hydrogen-bond donors (Lipinski definition) is 1. The van der Waals surface area contributed by atoms with E-state index in [1.807, 2.05) is 17.0 Å². The molecule has 30 heavy (non-hydrogen) atoms. The highest BCUT2D eigenvalue weighted by molar-refractivity contribution is 9.10. The molecule has 1 aliphatic carbocycles. The van der Waals surface area contributed by atoms with Crippen molar-refractivity contribution in [2.24, 2.45) is 0 Å². The Hall–Kier alpha value is -2.51. The molecular formula is C23H20BrN3O2S. The summed E-state index contributed by atoms with van der Waals surface area (Å²) in [5, 5.41) is 3.66. The molecule has 0 bridgehead atoms. The molecule has 3 aromatic rings. The smallest absolute Gasteiger partial charge is 0.261 e. The fraction of sp³-hybridized carbons (Fsp3) is 0.261. The summed E-state index contributed by atoms with van der Waals surface area (Å²) in [4.78, 5) is 33.6. The van der Waals surface area contributed by atoms with E-state index in [1.54, 1.807) is 35.9 Å². The quantitative estimate of drug-likeness (QED) is 0.556. The molecule has 152 valence electrons. The number of aryl methyl sites for hydroxylation is 1. The van der Waals surface area contributed by atoms with Crippen LogP contribution in [0.5, 0.6) is 0 Å². The first-order valence-corrected chi connectivity index (χ1v) is 11.7. The van der Waals surface area contributed by atoms with Gasteiger partial charge in [-0.15, -0.1) is 11.3 Å². The highest BCUT2D eigenvalue weighted by Gasteiger charge is 2.32. The minimum atomic E-state index is -0.235. The molecule has 3 heterocycles. The Bertz CT molecular complexity index is 1140. The van der Waals surface area contributed by atoms with Gasteiger partial charge in [-0.1, -0.05) is 15.9 Å². The van der Waals surface area contributed by atoms with Gasteiger partial charge in [0.15, 0.2) is 0 Å². The van der Waals surface area contributed by atoms with Crippen LogP contribution in [0.2, 0.25) is 0 Å². The average Bonchev–Trinajstić information content (AvgIpc) is 3.34. The van der Waals surface area contributed by atoms with Crippen LogP contribution in [0, 0.1) is 0 Å². The van der Waals surface area contributed by atoms with Crippen LogP contribution in [0.15, 0.2) is 47.2 Å². The van der Waals surface area contributed by atoms with E-state index in [-0.39, 0.29) is 11.8 Å². The minimum absolute atomic E-state index is 0.0167. The first kappa shape index (κ1) is 19.5. The van der Waals surface area contributed by atoms with Gasteiger partial charge >= 0.3 is 0 Å². The molecule has 0 radical (unpaired) electrons. The zero-order chi connectivity index (χ0) is 20.7. The molecule has 2 aromatic heterocycles. The molecule has 0 unspecified atom stereocenters. The summed E-state index contributed by atoms with van der Waals surface area (Å²) in [6, 6.07) is 9.51. The first-order chi connectivity index (χ1) is 14.6. The van der Waals surface area contributed by atoms with Crippen LogP contribution < -0.4 is 10.2 Å². The van der Waals surface area contributed by atoms with Gasteiger partial charge in [-0.05, 0) is 73.6 Å². The molecule has 0 atom stereocenters. The Morgan fingerprint density at radius 2 is 2.00 bits per heavy atom. The zero-order valence-electron chi connectivity index (χ0n) is 16.3. The van der Waals surface area contributed by atoms with Crippen molar-refractivity contribution < 1.29 is 9.59 Å². The third-order valence-corrected chi connectivity index (χ3v) is 7.42. The highest BCUT2D eigenvalue weighted by atomic mass is 79.9. The number of pyridine rings is 1. The Balaban J connectivity index is 1.52. The number of rotatable bonds is 3. The molecule has 1 N–H and O–H groups in total. The van der Waals surface area contributed by atoms with Gasteiger partial charge in [-0.25, -0.2) is 0 Å². The number of carbonyl (C=O) groups is 2. The maximum atomic E-state index is 13.7. The van der Waals surface area contributed by atoms with E-state index in [1.165, 1.54) is 10.4 Å². The molecule has 5 nitrogen and oxygen atoms in total. The fourth-order valence-corrected chi connectivity index (χ4v) is 5.95. The SMILES string of the molecule is O=C(Nc1sc2c(c1C(=O)N1CCc3cc(Br)ccc31)CCCC2)c1cccnc1. The number of nitrogens with zero attached hydrogens (tertiary/aromatic N) is 2. The fourth-order valence-electron chi connectivity index (χ4n) is 4.27. The summed E-state index contributed by atoms with van der Waals surface area (Å²) >= 11 is 5.06. The summed E-state index contributed by atoms with van der Waals surface area (Å²) in [5.41, 5.74) is 4.40. The van der Waals surface area contributed by atoms with Crippen LogP contribution in [-0.2, 0) is 19.3 Å². The van der Waals surface area contributed by atoms with Gasteiger partial charge in [-0.2, -0.15) is 0 Å². The molecule has 0 saturated carbocycles. The van der Waals surface area contributed by atoms with E-state index in [0.717, 1.165) is 47.8 Å².